The van der Waals surface area contributed by atoms with Crippen LogP contribution in [0.15, 0.2) is 30.3 Å². The van der Waals surface area contributed by atoms with Crippen molar-refractivity contribution in [1.29, 1.82) is 0 Å². The number of likely N-dealkylation sites (tertiary alicyclic amines) is 1. The smallest absolute Gasteiger partial charge is 0.308 e. The van der Waals surface area contributed by atoms with Crippen LogP contribution in [0.2, 0.25) is 0 Å². The number of aliphatic hydroxyl groups is 1. The summed E-state index contributed by atoms with van der Waals surface area (Å²) >= 11 is 0. The number of piperidine rings is 1. The van der Waals surface area contributed by atoms with Crippen molar-refractivity contribution >= 4 is 11.9 Å². The molecule has 0 aromatic heterocycles. The Kier molecular flexibility index (Phi) is 6.05. The lowest BCUT2D eigenvalue weighted by Crippen LogP contribution is -2.78. The van der Waals surface area contributed by atoms with E-state index in [2.05, 4.69) is 23.7 Å². The maximum absolute atomic E-state index is 13.5. The predicted molar refractivity (Wildman–Crippen MR) is 154 cm³/mol. The lowest BCUT2D eigenvalue weighted by molar-refractivity contribution is -0.199. The second-order valence-corrected chi connectivity index (χ2v) is 12.9. The summed E-state index contributed by atoms with van der Waals surface area (Å²) < 4.78 is 12.4. The van der Waals surface area contributed by atoms with Gasteiger partial charge in [0.25, 0.3) is 5.91 Å². The van der Waals surface area contributed by atoms with Gasteiger partial charge in [0.15, 0.2) is 11.5 Å². The summed E-state index contributed by atoms with van der Waals surface area (Å²) in [6.45, 7) is 7.38. The molecule has 2 heterocycles. The lowest BCUT2D eigenvalue weighted by Gasteiger charge is -2.64. The molecule has 2 bridgehead atoms. The van der Waals surface area contributed by atoms with Crippen molar-refractivity contribution in [3.8, 4) is 23.3 Å². The molecule has 7 nitrogen and oxygen atoms in total. The number of likely N-dealkylation sites (N-methyl/N-ethyl adjacent to an activating group) is 1. The zero-order valence-electron chi connectivity index (χ0n) is 24.3. The van der Waals surface area contributed by atoms with Gasteiger partial charge >= 0.3 is 5.97 Å². The molecule has 2 saturated carbocycles. The molecule has 1 saturated heterocycles. The van der Waals surface area contributed by atoms with E-state index in [1.165, 1.54) is 25.3 Å². The number of benzene rings is 2. The Labute approximate surface area is 241 Å². The summed E-state index contributed by atoms with van der Waals surface area (Å²) in [5.74, 6) is 6.91. The highest BCUT2D eigenvalue weighted by atomic mass is 16.6. The minimum atomic E-state index is -0.997. The zero-order valence-corrected chi connectivity index (χ0v) is 24.3. The third-order valence-corrected chi connectivity index (χ3v) is 10.6. The van der Waals surface area contributed by atoms with Gasteiger partial charge in [-0.3, -0.25) is 14.5 Å². The second kappa shape index (κ2) is 9.34. The molecule has 5 atom stereocenters. The summed E-state index contributed by atoms with van der Waals surface area (Å²) in [7, 11) is 1.80. The summed E-state index contributed by atoms with van der Waals surface area (Å²) in [6, 6.07) is 9.55. The number of amides is 1. The molecule has 41 heavy (non-hydrogen) atoms. The van der Waals surface area contributed by atoms with Crippen LogP contribution in [0.25, 0.3) is 0 Å². The van der Waals surface area contributed by atoms with Gasteiger partial charge in [0.05, 0.1) is 17.1 Å². The van der Waals surface area contributed by atoms with Gasteiger partial charge < -0.3 is 19.5 Å². The van der Waals surface area contributed by atoms with E-state index in [1.807, 2.05) is 37.3 Å². The molecule has 1 spiro atoms. The summed E-state index contributed by atoms with van der Waals surface area (Å²) in [5, 5.41) is 12.8. The second-order valence-electron chi connectivity index (χ2n) is 12.9. The maximum atomic E-state index is 13.5. The van der Waals surface area contributed by atoms with Crippen LogP contribution in [0.3, 0.4) is 0 Å². The average molecular weight is 555 g/mol. The number of aryl methyl sites for hydroxylation is 2. The Balaban J connectivity index is 1.27. The van der Waals surface area contributed by atoms with Gasteiger partial charge in [0, 0.05) is 43.6 Å². The van der Waals surface area contributed by atoms with Gasteiger partial charge in [0.2, 0.25) is 0 Å². The van der Waals surface area contributed by atoms with Gasteiger partial charge in [-0.25, -0.2) is 0 Å². The van der Waals surface area contributed by atoms with Crippen LogP contribution < -0.4 is 9.47 Å². The van der Waals surface area contributed by atoms with E-state index in [1.54, 1.807) is 11.9 Å². The zero-order chi connectivity index (χ0) is 28.7. The van der Waals surface area contributed by atoms with E-state index in [4.69, 9.17) is 9.47 Å². The van der Waals surface area contributed by atoms with E-state index >= 15 is 0 Å². The molecular weight excluding hydrogens is 516 g/mol. The molecule has 2 aromatic carbocycles. The molecule has 5 aliphatic rings. The van der Waals surface area contributed by atoms with Gasteiger partial charge in [0.1, 0.15) is 6.10 Å². The highest BCUT2D eigenvalue weighted by molar-refractivity contribution is 5.94. The van der Waals surface area contributed by atoms with Crippen molar-refractivity contribution in [2.45, 2.75) is 88.5 Å². The predicted octanol–water partition coefficient (Wildman–Crippen LogP) is 3.67. The highest BCUT2D eigenvalue weighted by Crippen LogP contribution is 2.66. The number of hydrogen-bond donors (Lipinski definition) is 1. The topological polar surface area (TPSA) is 79.3 Å². The standard InChI is InChI=1S/C34H38N2O5/c1-20-5-6-23(17-21(20)2)9-12-29(38)35(4)26-13-14-34(39)28-18-25-10-11-27(40-22(3)37)31-30(25)33(34,32(26)41-31)15-16-36(28)19-24-7-8-24/h5-6,10-11,17,24,26,28,32,39H,7-8,13-16,18-19H2,1-4H3/t26-,28+,32-,33-,34+/m0/s1. The summed E-state index contributed by atoms with van der Waals surface area (Å²) in [4.78, 5) is 29.7. The van der Waals surface area contributed by atoms with Crippen molar-refractivity contribution in [2.24, 2.45) is 5.92 Å². The third-order valence-electron chi connectivity index (χ3n) is 10.6. The number of carbonyl (C=O) groups is 2. The molecule has 2 aliphatic heterocycles. The molecular formula is C34H38N2O5. The normalized spacial score (nSPS) is 30.9. The maximum Gasteiger partial charge on any atom is 0.308 e. The fourth-order valence-corrected chi connectivity index (χ4v) is 8.26. The van der Waals surface area contributed by atoms with Gasteiger partial charge in [-0.15, -0.1) is 0 Å². The number of carbonyl (C=O) groups excluding carboxylic acids is 2. The number of rotatable bonds is 4. The number of ether oxygens (including phenoxy) is 2. The molecule has 1 amide bonds. The number of hydrogen-bond acceptors (Lipinski definition) is 6. The Morgan fingerprint density at radius 2 is 1.95 bits per heavy atom. The largest absolute Gasteiger partial charge is 0.483 e. The molecule has 1 N–H and O–H groups in total. The number of esters is 1. The van der Waals surface area contributed by atoms with Crippen LogP contribution in [0, 0.1) is 31.6 Å². The Morgan fingerprint density at radius 1 is 1.15 bits per heavy atom. The average Bonchev–Trinajstić information content (AvgIpc) is 3.68. The van der Waals surface area contributed by atoms with Gasteiger partial charge in [-0.2, -0.15) is 0 Å². The first-order valence-corrected chi connectivity index (χ1v) is 15.0. The van der Waals surface area contributed by atoms with Gasteiger partial charge in [-0.05, 0) is 99.7 Å². The van der Waals surface area contributed by atoms with E-state index < -0.39 is 23.1 Å². The van der Waals surface area contributed by atoms with Crippen LogP contribution in [-0.4, -0.2) is 70.7 Å². The molecule has 7 heteroatoms. The van der Waals surface area contributed by atoms with Crippen molar-refractivity contribution in [3.05, 3.63) is 58.1 Å². The summed E-state index contributed by atoms with van der Waals surface area (Å²) in [5.41, 5.74) is 3.59. The molecule has 214 valence electrons. The molecule has 0 unspecified atom stereocenters. The minimum absolute atomic E-state index is 0.00694. The number of nitrogens with zero attached hydrogens (tertiary/aromatic N) is 2. The first-order valence-electron chi connectivity index (χ1n) is 15.0. The van der Waals surface area contributed by atoms with E-state index in [0.29, 0.717) is 24.3 Å². The molecule has 3 fully saturated rings. The van der Waals surface area contributed by atoms with Crippen LogP contribution in [0.5, 0.6) is 11.5 Å². The van der Waals surface area contributed by atoms with Crippen LogP contribution in [-0.2, 0) is 21.4 Å². The molecule has 0 radical (unpaired) electrons. The summed E-state index contributed by atoms with van der Waals surface area (Å²) in [6.07, 6.45) is 4.72. The van der Waals surface area contributed by atoms with E-state index in [-0.39, 0.29) is 18.0 Å². The first-order chi connectivity index (χ1) is 19.6. The fraction of sp³-hybridized carbons (Fsp3) is 0.529. The minimum Gasteiger partial charge on any atom is -0.483 e. The van der Waals surface area contributed by atoms with Crippen molar-refractivity contribution in [2.75, 3.05) is 20.1 Å². The quantitative estimate of drug-likeness (QED) is 0.353. The Morgan fingerprint density at radius 3 is 2.68 bits per heavy atom. The Hall–Kier alpha value is -3.34. The van der Waals surface area contributed by atoms with Gasteiger partial charge in [-0.1, -0.05) is 18.1 Å². The van der Waals surface area contributed by atoms with Crippen LogP contribution in [0.4, 0.5) is 0 Å². The third kappa shape index (κ3) is 3.94. The molecule has 3 aliphatic carbocycles. The van der Waals surface area contributed by atoms with E-state index in [0.717, 1.165) is 54.1 Å². The van der Waals surface area contributed by atoms with Crippen molar-refractivity contribution in [1.82, 2.24) is 9.80 Å². The van der Waals surface area contributed by atoms with Crippen LogP contribution in [0.1, 0.15) is 66.8 Å². The SMILES string of the molecule is CC(=O)Oc1ccc2c3c1O[C@H]1[C@@H](N(C)C(=O)C#Cc4ccc(C)c(C)c4)CC[C@@]4(O)[C@@H](C2)N(CC2CC2)CC[C@]314. The lowest BCUT2D eigenvalue weighted by atomic mass is 9.48. The fourth-order valence-electron chi connectivity index (χ4n) is 8.26. The molecule has 7 rings (SSSR count). The Bertz CT molecular complexity index is 1520. The first kappa shape index (κ1) is 26.6. The molecule has 2 aromatic rings. The van der Waals surface area contributed by atoms with Crippen molar-refractivity contribution < 1.29 is 24.2 Å². The highest BCUT2D eigenvalue weighted by Gasteiger charge is 2.73. The van der Waals surface area contributed by atoms with Crippen LogP contribution >= 0.6 is 0 Å². The van der Waals surface area contributed by atoms with E-state index in [9.17, 15) is 14.7 Å². The van der Waals surface area contributed by atoms with Crippen molar-refractivity contribution in [3.63, 3.8) is 0 Å². The monoisotopic (exact) mass is 554 g/mol.